The number of rotatable bonds is 54. The summed E-state index contributed by atoms with van der Waals surface area (Å²) in [7, 11) is 0. The average molecular weight is 990 g/mol. The lowest BCUT2D eigenvalue weighted by molar-refractivity contribution is -0.167. The first-order valence-electron chi connectivity index (χ1n) is 30.1. The number of ether oxygens (including phenoxy) is 3. The van der Waals surface area contributed by atoms with E-state index in [9.17, 15) is 14.4 Å². The molecule has 0 aromatic carbocycles. The van der Waals surface area contributed by atoms with E-state index in [1.807, 2.05) is 0 Å². The number of esters is 3. The number of unbranched alkanes of at least 4 members (excludes halogenated alkanes) is 29. The van der Waals surface area contributed by atoms with Gasteiger partial charge in [0.05, 0.1) is 0 Å². The van der Waals surface area contributed by atoms with Crippen molar-refractivity contribution in [1.82, 2.24) is 0 Å². The molecule has 1 unspecified atom stereocenters. The predicted octanol–water partition coefficient (Wildman–Crippen LogP) is 20.3. The number of allylic oxidation sites excluding steroid dienone is 14. The van der Waals surface area contributed by atoms with Crippen molar-refractivity contribution in [2.75, 3.05) is 13.2 Å². The molecule has 0 saturated carbocycles. The number of hydrogen-bond acceptors (Lipinski definition) is 6. The van der Waals surface area contributed by atoms with Crippen molar-refractivity contribution in [2.24, 2.45) is 0 Å². The summed E-state index contributed by atoms with van der Waals surface area (Å²) >= 11 is 0. The van der Waals surface area contributed by atoms with Crippen LogP contribution in [0.1, 0.15) is 290 Å². The maximum absolute atomic E-state index is 12.8. The van der Waals surface area contributed by atoms with Crippen LogP contribution in [0.15, 0.2) is 85.1 Å². The molecule has 408 valence electrons. The molecule has 0 saturated heterocycles. The maximum Gasteiger partial charge on any atom is 0.306 e. The van der Waals surface area contributed by atoms with Gasteiger partial charge in [-0.3, -0.25) is 14.4 Å². The van der Waals surface area contributed by atoms with Gasteiger partial charge in [-0.25, -0.2) is 0 Å². The Kier molecular flexibility index (Phi) is 56.3. The molecule has 0 aliphatic carbocycles. The molecule has 0 N–H and O–H groups in total. The van der Waals surface area contributed by atoms with Crippen LogP contribution in [-0.4, -0.2) is 37.2 Å². The summed E-state index contributed by atoms with van der Waals surface area (Å²) in [5.74, 6) is -0.884. The van der Waals surface area contributed by atoms with Gasteiger partial charge in [-0.2, -0.15) is 0 Å². The van der Waals surface area contributed by atoms with Gasteiger partial charge in [-0.1, -0.05) is 260 Å². The summed E-state index contributed by atoms with van der Waals surface area (Å²) in [6.45, 7) is 6.47. The van der Waals surface area contributed by atoms with E-state index in [4.69, 9.17) is 14.2 Å². The third-order valence-corrected chi connectivity index (χ3v) is 12.9. The highest BCUT2D eigenvalue weighted by molar-refractivity contribution is 5.71. The molecule has 0 spiro atoms. The molecule has 0 aromatic rings. The molecule has 0 heterocycles. The summed E-state index contributed by atoms with van der Waals surface area (Å²) in [6, 6.07) is 0. The van der Waals surface area contributed by atoms with Gasteiger partial charge in [0.1, 0.15) is 13.2 Å². The van der Waals surface area contributed by atoms with Gasteiger partial charge in [-0.05, 0) is 96.3 Å². The Hall–Kier alpha value is -3.41. The minimum absolute atomic E-state index is 0.0762. The molecule has 0 bridgehead atoms. The molecule has 0 rings (SSSR count). The maximum atomic E-state index is 12.8. The fourth-order valence-electron chi connectivity index (χ4n) is 8.38. The van der Waals surface area contributed by atoms with Crippen molar-refractivity contribution in [3.05, 3.63) is 85.1 Å². The molecule has 0 amide bonds. The Labute approximate surface area is 439 Å². The molecule has 0 aliphatic heterocycles. The number of carbonyl (C=O) groups is 3. The van der Waals surface area contributed by atoms with Crippen molar-refractivity contribution < 1.29 is 28.6 Å². The zero-order valence-corrected chi connectivity index (χ0v) is 46.7. The number of hydrogen-bond donors (Lipinski definition) is 0. The molecule has 0 aromatic heterocycles. The third kappa shape index (κ3) is 57.4. The standard InChI is InChI=1S/C65H112O6/c1-4-7-10-13-16-19-21-23-24-25-26-27-28-29-30-31-32-33-34-35-36-37-38-39-40-41-42-43-45-46-49-52-55-58-64(67)70-61-62(60-69-63(66)57-54-51-48-18-15-12-9-6-3)71-65(68)59-56-53-50-47-44-22-20-17-14-11-8-5-2/h7,10,16-17,19-20,23-24,26-27,29-30,32-33,62H,4-6,8-9,11-15,18,21-22,25,28,31,34-61H2,1-3H3/b10-7-,19-16-,20-17-,24-23-,27-26-,30-29-,33-32-. The van der Waals surface area contributed by atoms with Crippen molar-refractivity contribution in [2.45, 2.75) is 297 Å². The van der Waals surface area contributed by atoms with Gasteiger partial charge in [-0.15, -0.1) is 0 Å². The predicted molar refractivity (Wildman–Crippen MR) is 307 cm³/mol. The van der Waals surface area contributed by atoms with Crippen LogP contribution in [0, 0.1) is 0 Å². The number of carbonyl (C=O) groups excluding carboxylic acids is 3. The molecule has 0 fully saturated rings. The van der Waals surface area contributed by atoms with Crippen LogP contribution in [-0.2, 0) is 28.6 Å². The lowest BCUT2D eigenvalue weighted by atomic mass is 10.0. The second-order valence-electron chi connectivity index (χ2n) is 19.9. The Bertz CT molecular complexity index is 1370. The first kappa shape index (κ1) is 67.6. The van der Waals surface area contributed by atoms with Gasteiger partial charge in [0, 0.05) is 19.3 Å². The largest absolute Gasteiger partial charge is 0.462 e. The van der Waals surface area contributed by atoms with E-state index in [1.165, 1.54) is 141 Å². The van der Waals surface area contributed by atoms with Crippen molar-refractivity contribution in [3.8, 4) is 0 Å². The monoisotopic (exact) mass is 989 g/mol. The molecule has 6 heteroatoms. The van der Waals surface area contributed by atoms with Crippen LogP contribution >= 0.6 is 0 Å². The van der Waals surface area contributed by atoms with E-state index in [0.29, 0.717) is 19.3 Å². The normalized spacial score (nSPS) is 12.7. The average Bonchev–Trinajstić information content (AvgIpc) is 3.37. The molecule has 0 radical (unpaired) electrons. The summed E-state index contributed by atoms with van der Waals surface area (Å²) < 4.78 is 16.8. The van der Waals surface area contributed by atoms with E-state index in [2.05, 4.69) is 106 Å². The zero-order valence-electron chi connectivity index (χ0n) is 46.7. The van der Waals surface area contributed by atoms with Crippen molar-refractivity contribution in [1.29, 1.82) is 0 Å². The van der Waals surface area contributed by atoms with Crippen LogP contribution in [0.2, 0.25) is 0 Å². The van der Waals surface area contributed by atoms with Gasteiger partial charge < -0.3 is 14.2 Å². The van der Waals surface area contributed by atoms with Crippen LogP contribution in [0.5, 0.6) is 0 Å². The molecule has 0 aliphatic rings. The van der Waals surface area contributed by atoms with Gasteiger partial charge in [0.25, 0.3) is 0 Å². The Morgan fingerprint density at radius 1 is 0.296 bits per heavy atom. The highest BCUT2D eigenvalue weighted by Gasteiger charge is 2.19. The van der Waals surface area contributed by atoms with E-state index in [0.717, 1.165) is 109 Å². The molecular formula is C65H112O6. The quantitative estimate of drug-likeness (QED) is 0.0261. The summed E-state index contributed by atoms with van der Waals surface area (Å²) in [4.78, 5) is 37.9. The molecular weight excluding hydrogens is 877 g/mol. The topological polar surface area (TPSA) is 78.9 Å². The van der Waals surface area contributed by atoms with E-state index in [-0.39, 0.29) is 31.1 Å². The molecule has 1 atom stereocenters. The van der Waals surface area contributed by atoms with Crippen LogP contribution < -0.4 is 0 Å². The van der Waals surface area contributed by atoms with E-state index < -0.39 is 6.10 Å². The lowest BCUT2D eigenvalue weighted by Crippen LogP contribution is -2.30. The second-order valence-corrected chi connectivity index (χ2v) is 19.9. The summed E-state index contributed by atoms with van der Waals surface area (Å²) in [6.07, 6.45) is 77.5. The fraction of sp³-hybridized carbons (Fsp3) is 0.738. The zero-order chi connectivity index (χ0) is 51.4. The van der Waals surface area contributed by atoms with Crippen molar-refractivity contribution >= 4 is 17.9 Å². The van der Waals surface area contributed by atoms with Gasteiger partial charge in [0.15, 0.2) is 6.10 Å². The first-order chi connectivity index (χ1) is 35.0. The highest BCUT2D eigenvalue weighted by atomic mass is 16.6. The molecule has 71 heavy (non-hydrogen) atoms. The fourth-order valence-corrected chi connectivity index (χ4v) is 8.38. The minimum Gasteiger partial charge on any atom is -0.462 e. The SMILES string of the molecule is CC/C=C\C/C=C\C/C=C\C/C=C\C/C=C\C/C=C\CCCCCCCCCCCCCCCCC(=O)OCC(COC(=O)CCCCCCCCCC)OC(=O)CCCCCCC/C=C\CCCCC. The van der Waals surface area contributed by atoms with Crippen molar-refractivity contribution in [3.63, 3.8) is 0 Å². The van der Waals surface area contributed by atoms with Crippen LogP contribution in [0.4, 0.5) is 0 Å². The third-order valence-electron chi connectivity index (χ3n) is 12.9. The van der Waals surface area contributed by atoms with Gasteiger partial charge >= 0.3 is 17.9 Å². The summed E-state index contributed by atoms with van der Waals surface area (Å²) in [5.41, 5.74) is 0. The highest BCUT2D eigenvalue weighted by Crippen LogP contribution is 2.16. The summed E-state index contributed by atoms with van der Waals surface area (Å²) in [5, 5.41) is 0. The Morgan fingerprint density at radius 3 is 0.901 bits per heavy atom. The smallest absolute Gasteiger partial charge is 0.306 e. The Morgan fingerprint density at radius 2 is 0.549 bits per heavy atom. The van der Waals surface area contributed by atoms with E-state index in [1.54, 1.807) is 0 Å². The van der Waals surface area contributed by atoms with Gasteiger partial charge in [0.2, 0.25) is 0 Å². The Balaban J connectivity index is 4.04. The first-order valence-corrected chi connectivity index (χ1v) is 30.1. The minimum atomic E-state index is -0.775. The lowest BCUT2D eigenvalue weighted by Gasteiger charge is -2.18. The van der Waals surface area contributed by atoms with Crippen LogP contribution in [0.3, 0.4) is 0 Å². The molecule has 6 nitrogen and oxygen atoms in total. The van der Waals surface area contributed by atoms with Crippen LogP contribution in [0.25, 0.3) is 0 Å². The van der Waals surface area contributed by atoms with E-state index >= 15 is 0 Å². The second kappa shape index (κ2) is 59.2.